The number of aromatic amines is 1. The molecule has 0 spiro atoms. The van der Waals surface area contributed by atoms with Gasteiger partial charge in [0.25, 0.3) is 0 Å². The monoisotopic (exact) mass is 215 g/mol. The Hall–Kier alpha value is -1.47. The van der Waals surface area contributed by atoms with Gasteiger partial charge in [-0.15, -0.1) is 11.6 Å². The highest BCUT2D eigenvalue weighted by atomic mass is 35.5. The van der Waals surface area contributed by atoms with Crippen molar-refractivity contribution < 1.29 is 0 Å². The molecule has 0 aliphatic heterocycles. The Morgan fingerprint density at radius 3 is 2.60 bits per heavy atom. The fourth-order valence-corrected chi connectivity index (χ4v) is 2.15. The molecule has 0 atom stereocenters. The summed E-state index contributed by atoms with van der Waals surface area (Å²) >= 11 is 5.81. The minimum absolute atomic E-state index is 0.561. The zero-order valence-electron chi connectivity index (χ0n) is 8.13. The number of rotatable bonds is 1. The molecule has 3 rings (SSSR count). The van der Waals surface area contributed by atoms with Gasteiger partial charge in [0.05, 0.1) is 0 Å². The fourth-order valence-electron chi connectivity index (χ4n) is 1.98. The first kappa shape index (κ1) is 8.81. The summed E-state index contributed by atoms with van der Waals surface area (Å²) in [5.41, 5.74) is 3.49. The van der Waals surface area contributed by atoms with E-state index in [0.717, 1.165) is 11.1 Å². The molecule has 1 N–H and O–H groups in total. The number of nitrogens with one attached hydrogen (secondary N) is 1. The van der Waals surface area contributed by atoms with E-state index in [1.165, 1.54) is 16.3 Å². The zero-order chi connectivity index (χ0) is 10.3. The van der Waals surface area contributed by atoms with Crippen LogP contribution in [0.1, 0.15) is 5.56 Å². The van der Waals surface area contributed by atoms with Gasteiger partial charge in [-0.05, 0) is 17.7 Å². The average Bonchev–Trinajstić information content (AvgIpc) is 2.66. The van der Waals surface area contributed by atoms with Crippen molar-refractivity contribution >= 4 is 33.4 Å². The first-order chi connectivity index (χ1) is 7.38. The highest BCUT2D eigenvalue weighted by molar-refractivity contribution is 6.17. The third kappa shape index (κ3) is 1.31. The molecule has 1 aromatic heterocycles. The van der Waals surface area contributed by atoms with E-state index in [4.69, 9.17) is 11.6 Å². The molecule has 74 valence electrons. The summed E-state index contributed by atoms with van der Waals surface area (Å²) in [7, 11) is 0. The maximum atomic E-state index is 5.81. The van der Waals surface area contributed by atoms with Gasteiger partial charge in [-0.1, -0.05) is 30.3 Å². The van der Waals surface area contributed by atoms with Crippen molar-refractivity contribution in [2.24, 2.45) is 0 Å². The summed E-state index contributed by atoms with van der Waals surface area (Å²) in [6.45, 7) is 0. The number of fused-ring (bicyclic) bond motifs is 3. The summed E-state index contributed by atoms with van der Waals surface area (Å²) in [4.78, 5) is 3.39. The van der Waals surface area contributed by atoms with Gasteiger partial charge in [-0.3, -0.25) is 0 Å². The van der Waals surface area contributed by atoms with Crippen molar-refractivity contribution in [2.75, 3.05) is 0 Å². The highest BCUT2D eigenvalue weighted by Crippen LogP contribution is 2.26. The molecule has 0 aliphatic rings. The molecule has 0 unspecified atom stereocenters. The highest BCUT2D eigenvalue weighted by Gasteiger charge is 2.03. The summed E-state index contributed by atoms with van der Waals surface area (Å²) in [6.07, 6.45) is 0. The molecule has 0 bridgehead atoms. The lowest BCUT2D eigenvalue weighted by molar-refractivity contribution is 1.41. The number of aromatic nitrogens is 1. The molecular weight excluding hydrogens is 206 g/mol. The Morgan fingerprint density at radius 1 is 0.933 bits per heavy atom. The second-order valence-corrected chi connectivity index (χ2v) is 3.95. The molecule has 0 aliphatic carbocycles. The van der Waals surface area contributed by atoms with Gasteiger partial charge in [-0.25, -0.2) is 0 Å². The fraction of sp³-hybridized carbons (Fsp3) is 0.0769. The lowest BCUT2D eigenvalue weighted by Crippen LogP contribution is -1.76. The number of halogens is 1. The quantitative estimate of drug-likeness (QED) is 0.590. The van der Waals surface area contributed by atoms with Gasteiger partial charge in [0.2, 0.25) is 0 Å². The van der Waals surface area contributed by atoms with E-state index in [2.05, 4.69) is 41.4 Å². The first-order valence-corrected chi connectivity index (χ1v) is 5.47. The van der Waals surface area contributed by atoms with E-state index in [9.17, 15) is 0 Å². The van der Waals surface area contributed by atoms with Crippen LogP contribution in [0.5, 0.6) is 0 Å². The summed E-state index contributed by atoms with van der Waals surface area (Å²) in [5, 5.41) is 2.54. The van der Waals surface area contributed by atoms with Crippen LogP contribution in [0.2, 0.25) is 0 Å². The Morgan fingerprint density at radius 2 is 1.73 bits per heavy atom. The van der Waals surface area contributed by atoms with Crippen LogP contribution in [-0.2, 0) is 5.88 Å². The van der Waals surface area contributed by atoms with Crippen LogP contribution in [0.3, 0.4) is 0 Å². The third-order valence-corrected chi connectivity index (χ3v) is 3.03. The van der Waals surface area contributed by atoms with Crippen LogP contribution in [0.15, 0.2) is 42.5 Å². The Balaban J connectivity index is 2.43. The topological polar surface area (TPSA) is 15.8 Å². The van der Waals surface area contributed by atoms with E-state index in [-0.39, 0.29) is 0 Å². The molecule has 2 heteroatoms. The average molecular weight is 216 g/mol. The van der Waals surface area contributed by atoms with E-state index in [0.29, 0.717) is 5.88 Å². The molecule has 1 nitrogen and oxygen atoms in total. The van der Waals surface area contributed by atoms with Crippen molar-refractivity contribution in [3.8, 4) is 0 Å². The van der Waals surface area contributed by atoms with Crippen LogP contribution in [0.25, 0.3) is 21.8 Å². The van der Waals surface area contributed by atoms with Crippen molar-refractivity contribution in [3.05, 3.63) is 48.0 Å². The smallest absolute Gasteiger partial charge is 0.0474 e. The minimum atomic E-state index is 0.561. The molecule has 0 radical (unpaired) electrons. The van der Waals surface area contributed by atoms with Crippen LogP contribution >= 0.6 is 11.6 Å². The lowest BCUT2D eigenvalue weighted by atomic mass is 10.1. The number of hydrogen-bond acceptors (Lipinski definition) is 0. The molecule has 0 fully saturated rings. The van der Waals surface area contributed by atoms with Crippen LogP contribution < -0.4 is 0 Å². The van der Waals surface area contributed by atoms with Crippen LogP contribution in [-0.4, -0.2) is 4.98 Å². The SMILES string of the molecule is ClCc1ccc2c(c1)[nH]c1ccccc12. The molecule has 0 saturated carbocycles. The van der Waals surface area contributed by atoms with E-state index >= 15 is 0 Å². The van der Waals surface area contributed by atoms with Crippen LogP contribution in [0.4, 0.5) is 0 Å². The number of H-pyrrole nitrogens is 1. The molecule has 0 saturated heterocycles. The van der Waals surface area contributed by atoms with Crippen molar-refractivity contribution in [1.29, 1.82) is 0 Å². The third-order valence-electron chi connectivity index (χ3n) is 2.72. The minimum Gasteiger partial charge on any atom is -0.355 e. The van der Waals surface area contributed by atoms with Crippen molar-refractivity contribution in [3.63, 3.8) is 0 Å². The predicted octanol–water partition coefficient (Wildman–Crippen LogP) is 4.06. The van der Waals surface area contributed by atoms with Gasteiger partial charge in [0.1, 0.15) is 0 Å². The van der Waals surface area contributed by atoms with Gasteiger partial charge in [0.15, 0.2) is 0 Å². The van der Waals surface area contributed by atoms with E-state index in [1.54, 1.807) is 0 Å². The number of hydrogen-bond donors (Lipinski definition) is 1. The maximum absolute atomic E-state index is 5.81. The first-order valence-electron chi connectivity index (χ1n) is 4.94. The molecule has 3 aromatic rings. The van der Waals surface area contributed by atoms with Gasteiger partial charge in [-0.2, -0.15) is 0 Å². The van der Waals surface area contributed by atoms with Crippen LogP contribution in [0, 0.1) is 0 Å². The van der Waals surface area contributed by atoms with E-state index < -0.39 is 0 Å². The second kappa shape index (κ2) is 3.28. The summed E-state index contributed by atoms with van der Waals surface area (Å²) < 4.78 is 0. The number of benzene rings is 2. The standard InChI is InChI=1S/C13H10ClN/c14-8-9-5-6-11-10-3-1-2-4-12(10)15-13(11)7-9/h1-7,15H,8H2. The van der Waals surface area contributed by atoms with Crippen molar-refractivity contribution in [1.82, 2.24) is 4.98 Å². The van der Waals surface area contributed by atoms with Gasteiger partial charge in [0, 0.05) is 27.7 Å². The Labute approximate surface area is 92.7 Å². The molecule has 0 amide bonds. The molecule has 15 heavy (non-hydrogen) atoms. The Kier molecular flexibility index (Phi) is 1.93. The maximum Gasteiger partial charge on any atom is 0.0474 e. The van der Waals surface area contributed by atoms with Gasteiger partial charge < -0.3 is 4.98 Å². The Bertz CT molecular complexity index is 625. The van der Waals surface area contributed by atoms with Gasteiger partial charge >= 0.3 is 0 Å². The largest absolute Gasteiger partial charge is 0.355 e. The summed E-state index contributed by atoms with van der Waals surface area (Å²) in [5.74, 6) is 0.561. The molecule has 1 heterocycles. The second-order valence-electron chi connectivity index (χ2n) is 3.68. The molecule has 2 aromatic carbocycles. The molecular formula is C13H10ClN. The van der Waals surface area contributed by atoms with Crippen molar-refractivity contribution in [2.45, 2.75) is 5.88 Å². The van der Waals surface area contributed by atoms with E-state index in [1.807, 2.05) is 6.07 Å². The normalized spacial score (nSPS) is 11.3. The number of alkyl halides is 1. The predicted molar refractivity (Wildman–Crippen MR) is 65.4 cm³/mol. The lowest BCUT2D eigenvalue weighted by Gasteiger charge is -1.94. The number of para-hydroxylation sites is 1. The zero-order valence-corrected chi connectivity index (χ0v) is 8.88. The summed E-state index contributed by atoms with van der Waals surface area (Å²) in [6, 6.07) is 14.7.